The Morgan fingerprint density at radius 3 is 2.05 bits per heavy atom. The van der Waals surface area contributed by atoms with E-state index in [-0.39, 0.29) is 0 Å². The summed E-state index contributed by atoms with van der Waals surface area (Å²) in [5.41, 5.74) is 12.0. The van der Waals surface area contributed by atoms with Gasteiger partial charge in [-0.15, -0.1) is 0 Å². The molecule has 0 radical (unpaired) electrons. The number of hydrogen-bond acceptors (Lipinski definition) is 2. The molecule has 2 nitrogen and oxygen atoms in total. The van der Waals surface area contributed by atoms with Gasteiger partial charge in [0, 0.05) is 28.0 Å². The zero-order chi connectivity index (χ0) is 29.5. The zero-order valence-electron chi connectivity index (χ0n) is 24.6. The third kappa shape index (κ3) is 4.44. The van der Waals surface area contributed by atoms with Crippen molar-refractivity contribution in [1.82, 2.24) is 0 Å². The van der Waals surface area contributed by atoms with E-state index in [9.17, 15) is 0 Å². The Hall–Kier alpha value is -5.60. The molecular formula is C42H31NO. The van der Waals surface area contributed by atoms with Crippen molar-refractivity contribution in [2.24, 2.45) is 0 Å². The van der Waals surface area contributed by atoms with Gasteiger partial charge in [0.15, 0.2) is 0 Å². The van der Waals surface area contributed by atoms with E-state index in [1.54, 1.807) is 0 Å². The van der Waals surface area contributed by atoms with Crippen LogP contribution >= 0.6 is 0 Å². The fraction of sp³-hybridized carbons (Fsp3) is 0.0476. The van der Waals surface area contributed by atoms with Crippen LogP contribution in [-0.2, 0) is 6.42 Å². The van der Waals surface area contributed by atoms with Crippen molar-refractivity contribution in [2.75, 3.05) is 4.90 Å². The average molecular weight is 566 g/mol. The highest BCUT2D eigenvalue weighted by atomic mass is 16.5. The predicted molar refractivity (Wildman–Crippen MR) is 184 cm³/mol. The van der Waals surface area contributed by atoms with Gasteiger partial charge < -0.3 is 9.64 Å². The summed E-state index contributed by atoms with van der Waals surface area (Å²) < 4.78 is 6.32. The van der Waals surface area contributed by atoms with Crippen molar-refractivity contribution in [3.63, 3.8) is 0 Å². The third-order valence-electron chi connectivity index (χ3n) is 8.66. The van der Waals surface area contributed by atoms with Crippen LogP contribution < -0.4 is 9.64 Å². The number of benzene rings is 7. The molecule has 0 spiro atoms. The average Bonchev–Trinajstić information content (AvgIpc) is 3.10. The Bertz CT molecular complexity index is 2130. The Morgan fingerprint density at radius 2 is 1.18 bits per heavy atom. The number of rotatable bonds is 6. The highest BCUT2D eigenvalue weighted by Gasteiger charge is 2.21. The highest BCUT2D eigenvalue weighted by Crippen LogP contribution is 2.48. The van der Waals surface area contributed by atoms with Crippen molar-refractivity contribution in [3.05, 3.63) is 163 Å². The minimum Gasteiger partial charge on any atom is -0.456 e. The van der Waals surface area contributed by atoms with E-state index < -0.39 is 0 Å². The maximum Gasteiger partial charge on any atom is 0.135 e. The van der Waals surface area contributed by atoms with Crippen LogP contribution in [0.5, 0.6) is 11.5 Å². The quantitative estimate of drug-likeness (QED) is 0.199. The van der Waals surface area contributed by atoms with Gasteiger partial charge in [0.25, 0.3) is 0 Å². The minimum atomic E-state index is 0.913. The van der Waals surface area contributed by atoms with Gasteiger partial charge >= 0.3 is 0 Å². The summed E-state index contributed by atoms with van der Waals surface area (Å²) in [4.78, 5) is 2.37. The largest absolute Gasteiger partial charge is 0.456 e. The van der Waals surface area contributed by atoms with E-state index in [1.807, 2.05) is 12.1 Å². The number of aryl methyl sites for hydroxylation is 1. The molecule has 7 aromatic rings. The second-order valence-corrected chi connectivity index (χ2v) is 11.2. The summed E-state index contributed by atoms with van der Waals surface area (Å²) in [5, 5.41) is 2.38. The zero-order valence-corrected chi connectivity index (χ0v) is 24.6. The van der Waals surface area contributed by atoms with E-state index >= 15 is 0 Å². The lowest BCUT2D eigenvalue weighted by molar-refractivity contribution is 0.487. The second-order valence-electron chi connectivity index (χ2n) is 11.2. The van der Waals surface area contributed by atoms with Crippen LogP contribution in [0, 0.1) is 0 Å². The van der Waals surface area contributed by atoms with E-state index in [4.69, 9.17) is 4.74 Å². The van der Waals surface area contributed by atoms with Crippen LogP contribution in [0.15, 0.2) is 158 Å². The summed E-state index contributed by atoms with van der Waals surface area (Å²) >= 11 is 0. The first-order valence-electron chi connectivity index (χ1n) is 15.3. The molecule has 1 aliphatic heterocycles. The Balaban J connectivity index is 1.18. The molecular weight excluding hydrogens is 534 g/mol. The molecule has 0 bridgehead atoms. The molecule has 0 amide bonds. The van der Waals surface area contributed by atoms with Crippen molar-refractivity contribution < 1.29 is 4.74 Å². The SMILES string of the molecule is CCc1ccccc1N(c1ccccc1)c1cccc(-c2ccc(-c3ccc4c5c(cccc35)-c3ccccc3O4)cc2)c1. The summed E-state index contributed by atoms with van der Waals surface area (Å²) in [7, 11) is 0. The second kappa shape index (κ2) is 10.9. The van der Waals surface area contributed by atoms with Crippen LogP contribution in [0.3, 0.4) is 0 Å². The smallest absolute Gasteiger partial charge is 0.135 e. The summed E-state index contributed by atoms with van der Waals surface area (Å²) in [6.45, 7) is 2.22. The summed E-state index contributed by atoms with van der Waals surface area (Å²) in [6, 6.07) is 56.3. The maximum atomic E-state index is 6.32. The van der Waals surface area contributed by atoms with Gasteiger partial charge in [-0.3, -0.25) is 0 Å². The number of para-hydroxylation sites is 3. The Kier molecular flexibility index (Phi) is 6.46. The molecule has 7 aromatic carbocycles. The molecule has 8 rings (SSSR count). The van der Waals surface area contributed by atoms with Crippen molar-refractivity contribution in [2.45, 2.75) is 13.3 Å². The Morgan fingerprint density at radius 1 is 0.477 bits per heavy atom. The van der Waals surface area contributed by atoms with Gasteiger partial charge in [0.05, 0.1) is 0 Å². The Labute approximate surface area is 258 Å². The van der Waals surface area contributed by atoms with Crippen molar-refractivity contribution in [3.8, 4) is 44.9 Å². The van der Waals surface area contributed by atoms with Gasteiger partial charge in [-0.25, -0.2) is 0 Å². The molecule has 0 fully saturated rings. The lowest BCUT2D eigenvalue weighted by Crippen LogP contribution is -2.12. The molecule has 1 heterocycles. The molecule has 0 saturated heterocycles. The van der Waals surface area contributed by atoms with Crippen LogP contribution in [-0.4, -0.2) is 0 Å². The molecule has 0 unspecified atom stereocenters. The summed E-state index contributed by atoms with van der Waals surface area (Å²) in [6.07, 6.45) is 0.969. The van der Waals surface area contributed by atoms with Gasteiger partial charge in [0.2, 0.25) is 0 Å². The fourth-order valence-corrected chi connectivity index (χ4v) is 6.53. The number of fused-ring (bicyclic) bond motifs is 2. The van der Waals surface area contributed by atoms with Gasteiger partial charge in [-0.05, 0) is 87.7 Å². The van der Waals surface area contributed by atoms with E-state index in [2.05, 4.69) is 157 Å². The van der Waals surface area contributed by atoms with Gasteiger partial charge in [-0.1, -0.05) is 122 Å². The molecule has 0 saturated carbocycles. The molecule has 0 aromatic heterocycles. The van der Waals surface area contributed by atoms with E-state index in [1.165, 1.54) is 49.8 Å². The monoisotopic (exact) mass is 565 g/mol. The molecule has 0 atom stereocenters. The maximum absolute atomic E-state index is 6.32. The summed E-state index contributed by atoms with van der Waals surface area (Å²) in [5.74, 6) is 1.83. The normalized spacial score (nSPS) is 11.6. The fourth-order valence-electron chi connectivity index (χ4n) is 6.53. The minimum absolute atomic E-state index is 0.913. The highest BCUT2D eigenvalue weighted by molar-refractivity contribution is 6.09. The van der Waals surface area contributed by atoms with Crippen LogP contribution in [0.2, 0.25) is 0 Å². The van der Waals surface area contributed by atoms with Crippen molar-refractivity contribution >= 4 is 27.8 Å². The first kappa shape index (κ1) is 26.1. The number of hydrogen-bond donors (Lipinski definition) is 0. The lowest BCUT2D eigenvalue weighted by atomic mass is 9.90. The topological polar surface area (TPSA) is 12.5 Å². The van der Waals surface area contributed by atoms with E-state index in [0.29, 0.717) is 0 Å². The van der Waals surface area contributed by atoms with E-state index in [0.717, 1.165) is 34.9 Å². The standard InChI is InChI=1S/C42H31NO/c1-2-29-12-6-8-20-39(29)43(33-14-4-3-5-15-33)34-16-10-13-32(28-34)30-22-24-31(25-23-30)35-26-27-41-42-37(35)18-11-19-38(42)36-17-7-9-21-40(36)44-41/h3-28H,2H2,1H3. The van der Waals surface area contributed by atoms with Gasteiger partial charge in [0.1, 0.15) is 11.5 Å². The molecule has 44 heavy (non-hydrogen) atoms. The van der Waals surface area contributed by atoms with Crippen LogP contribution in [0.1, 0.15) is 12.5 Å². The number of nitrogens with zero attached hydrogens (tertiary/aromatic N) is 1. The van der Waals surface area contributed by atoms with Crippen LogP contribution in [0.4, 0.5) is 17.1 Å². The first-order chi connectivity index (χ1) is 21.8. The molecule has 0 aliphatic carbocycles. The predicted octanol–water partition coefficient (Wildman–Crippen LogP) is 12.0. The number of anilines is 3. The number of ether oxygens (including phenoxy) is 1. The van der Waals surface area contributed by atoms with Crippen LogP contribution in [0.25, 0.3) is 44.2 Å². The molecule has 1 aliphatic rings. The third-order valence-corrected chi connectivity index (χ3v) is 8.66. The lowest BCUT2D eigenvalue weighted by Gasteiger charge is -2.28. The molecule has 210 valence electrons. The molecule has 0 N–H and O–H groups in total. The first-order valence-corrected chi connectivity index (χ1v) is 15.3. The van der Waals surface area contributed by atoms with Gasteiger partial charge in [-0.2, -0.15) is 0 Å². The molecule has 2 heteroatoms. The van der Waals surface area contributed by atoms with Crippen molar-refractivity contribution in [1.29, 1.82) is 0 Å².